The summed E-state index contributed by atoms with van der Waals surface area (Å²) in [4.78, 5) is 26.2. The maximum absolute atomic E-state index is 13.4. The minimum absolute atomic E-state index is 0.191. The zero-order chi connectivity index (χ0) is 14.2. The van der Waals surface area contributed by atoms with Crippen molar-refractivity contribution in [3.63, 3.8) is 0 Å². The smallest absolute Gasteiger partial charge is 0.329 e. The predicted octanol–water partition coefficient (Wildman–Crippen LogP) is 1.34. The number of pyridine rings is 1. The Morgan fingerprint density at radius 1 is 1.47 bits per heavy atom. The molecular weight excluding hydrogens is 258 g/mol. The highest BCUT2D eigenvalue weighted by molar-refractivity contribution is 5.98. The maximum Gasteiger partial charge on any atom is 0.329 e. The van der Waals surface area contributed by atoms with Crippen LogP contribution >= 0.6 is 0 Å². The molecule has 5 nitrogen and oxygen atoms in total. The molecule has 7 heteroatoms. The van der Waals surface area contributed by atoms with Crippen molar-refractivity contribution in [2.24, 2.45) is 5.92 Å². The number of aliphatic carboxylic acids is 1. The molecule has 0 spiro atoms. The van der Waals surface area contributed by atoms with Crippen molar-refractivity contribution in [3.05, 3.63) is 29.6 Å². The quantitative estimate of drug-likeness (QED) is 0.809. The first-order valence-electron chi connectivity index (χ1n) is 5.72. The number of nitrogens with zero attached hydrogens (tertiary/aromatic N) is 1. The monoisotopic (exact) mass is 270 g/mol. The van der Waals surface area contributed by atoms with Gasteiger partial charge in [-0.15, -0.1) is 0 Å². The van der Waals surface area contributed by atoms with Crippen molar-refractivity contribution < 1.29 is 23.5 Å². The van der Waals surface area contributed by atoms with Crippen LogP contribution in [0.1, 0.15) is 30.1 Å². The number of carbonyl (C=O) groups excluding carboxylic acids is 1. The highest BCUT2D eigenvalue weighted by Crippen LogP contribution is 2.39. The third-order valence-corrected chi connectivity index (χ3v) is 3.30. The summed E-state index contributed by atoms with van der Waals surface area (Å²) >= 11 is 0. The summed E-state index contributed by atoms with van der Waals surface area (Å²) in [6, 6.07) is 1.00. The van der Waals surface area contributed by atoms with E-state index in [1.807, 2.05) is 0 Å². The van der Waals surface area contributed by atoms with Gasteiger partial charge in [0.05, 0.1) is 5.56 Å². The molecule has 1 aliphatic rings. The number of carbonyl (C=O) groups is 2. The van der Waals surface area contributed by atoms with Crippen LogP contribution in [0.2, 0.25) is 0 Å². The summed E-state index contributed by atoms with van der Waals surface area (Å²) in [6.45, 7) is 1.36. The Hall–Kier alpha value is -2.05. The van der Waals surface area contributed by atoms with Gasteiger partial charge in [0.2, 0.25) is 5.95 Å². The molecule has 1 aliphatic carbocycles. The van der Waals surface area contributed by atoms with E-state index >= 15 is 0 Å². The van der Waals surface area contributed by atoms with Gasteiger partial charge in [-0.3, -0.25) is 4.79 Å². The molecule has 1 fully saturated rings. The Bertz CT molecular complexity index is 546. The van der Waals surface area contributed by atoms with Crippen molar-refractivity contribution in [1.82, 2.24) is 10.3 Å². The van der Waals surface area contributed by atoms with E-state index in [4.69, 9.17) is 5.11 Å². The molecule has 0 saturated heterocycles. The van der Waals surface area contributed by atoms with Crippen LogP contribution < -0.4 is 5.32 Å². The van der Waals surface area contributed by atoms with E-state index in [9.17, 15) is 18.4 Å². The lowest BCUT2D eigenvalue weighted by Crippen LogP contribution is -2.54. The fourth-order valence-electron chi connectivity index (χ4n) is 1.89. The Labute approximate surface area is 107 Å². The van der Waals surface area contributed by atoms with Gasteiger partial charge in [-0.1, -0.05) is 0 Å². The summed E-state index contributed by atoms with van der Waals surface area (Å²) in [5.74, 6) is -5.13. The number of nitrogens with one attached hydrogen (secondary N) is 1. The van der Waals surface area contributed by atoms with Gasteiger partial charge in [0.1, 0.15) is 5.54 Å². The molecule has 1 heterocycles. The average Bonchev–Trinajstić information content (AvgIpc) is 3.16. The molecule has 2 rings (SSSR count). The minimum atomic E-state index is -1.47. The Morgan fingerprint density at radius 3 is 2.63 bits per heavy atom. The van der Waals surface area contributed by atoms with Gasteiger partial charge in [-0.05, 0) is 31.7 Å². The Balaban J connectivity index is 2.25. The number of hydrogen-bond donors (Lipinski definition) is 2. The van der Waals surface area contributed by atoms with Crippen LogP contribution in [0.25, 0.3) is 0 Å². The zero-order valence-corrected chi connectivity index (χ0v) is 10.1. The van der Waals surface area contributed by atoms with E-state index in [2.05, 4.69) is 10.3 Å². The SMILES string of the molecule is CC(NC(=O)c1ccnc(F)c1F)(C(=O)O)C1CC1. The van der Waals surface area contributed by atoms with Crippen LogP contribution in [0.4, 0.5) is 8.78 Å². The van der Waals surface area contributed by atoms with E-state index in [0.29, 0.717) is 12.8 Å². The van der Waals surface area contributed by atoms with E-state index in [0.717, 1.165) is 12.3 Å². The number of halogens is 2. The molecule has 0 bridgehead atoms. The molecule has 1 unspecified atom stereocenters. The Morgan fingerprint density at radius 2 is 2.11 bits per heavy atom. The first-order valence-corrected chi connectivity index (χ1v) is 5.72. The van der Waals surface area contributed by atoms with Crippen LogP contribution in [0.5, 0.6) is 0 Å². The summed E-state index contributed by atoms with van der Waals surface area (Å²) in [5.41, 5.74) is -2.02. The highest BCUT2D eigenvalue weighted by Gasteiger charge is 2.48. The van der Waals surface area contributed by atoms with Gasteiger partial charge < -0.3 is 10.4 Å². The second-order valence-electron chi connectivity index (χ2n) is 4.70. The first-order chi connectivity index (χ1) is 8.86. The molecule has 1 amide bonds. The average molecular weight is 270 g/mol. The number of hydrogen-bond acceptors (Lipinski definition) is 3. The molecule has 1 atom stereocenters. The number of carboxylic acids is 1. The Kier molecular flexibility index (Phi) is 3.21. The van der Waals surface area contributed by atoms with Gasteiger partial charge in [0.25, 0.3) is 5.91 Å². The predicted molar refractivity (Wildman–Crippen MR) is 60.4 cm³/mol. The fraction of sp³-hybridized carbons (Fsp3) is 0.417. The first kappa shape index (κ1) is 13.4. The number of aromatic nitrogens is 1. The van der Waals surface area contributed by atoms with E-state index in [-0.39, 0.29) is 5.92 Å². The highest BCUT2D eigenvalue weighted by atomic mass is 19.2. The zero-order valence-electron chi connectivity index (χ0n) is 10.1. The third-order valence-electron chi connectivity index (χ3n) is 3.30. The number of carboxylic acid groups (broad SMARTS) is 1. The van der Waals surface area contributed by atoms with Crippen LogP contribution in [0.3, 0.4) is 0 Å². The van der Waals surface area contributed by atoms with Gasteiger partial charge in [-0.2, -0.15) is 4.39 Å². The van der Waals surface area contributed by atoms with Crippen molar-refractivity contribution in [3.8, 4) is 0 Å². The molecule has 2 N–H and O–H groups in total. The minimum Gasteiger partial charge on any atom is -0.480 e. The van der Waals surface area contributed by atoms with E-state index in [1.54, 1.807) is 0 Å². The normalized spacial score (nSPS) is 17.6. The summed E-state index contributed by atoms with van der Waals surface area (Å²) in [7, 11) is 0. The van der Waals surface area contributed by atoms with Gasteiger partial charge in [0, 0.05) is 6.20 Å². The molecule has 0 radical (unpaired) electrons. The van der Waals surface area contributed by atoms with E-state index < -0.39 is 34.7 Å². The summed E-state index contributed by atoms with van der Waals surface area (Å²) in [5, 5.41) is 11.4. The van der Waals surface area contributed by atoms with Gasteiger partial charge >= 0.3 is 5.97 Å². The third kappa shape index (κ3) is 2.40. The standard InChI is InChI=1S/C12H12F2N2O3/c1-12(11(18)19,6-2-3-6)16-10(17)7-4-5-15-9(14)8(7)13/h4-6H,2-3H2,1H3,(H,16,17)(H,18,19). The molecule has 1 saturated carbocycles. The topological polar surface area (TPSA) is 79.3 Å². The summed E-state index contributed by atoms with van der Waals surface area (Å²) in [6.07, 6.45) is 2.30. The fourth-order valence-corrected chi connectivity index (χ4v) is 1.89. The molecule has 102 valence electrons. The van der Waals surface area contributed by atoms with Crippen molar-refractivity contribution >= 4 is 11.9 Å². The second-order valence-corrected chi connectivity index (χ2v) is 4.70. The molecule has 0 aromatic carbocycles. The lowest BCUT2D eigenvalue weighted by atomic mass is 9.95. The van der Waals surface area contributed by atoms with Gasteiger partial charge in [0.15, 0.2) is 5.82 Å². The summed E-state index contributed by atoms with van der Waals surface area (Å²) < 4.78 is 26.3. The maximum atomic E-state index is 13.4. The second kappa shape index (κ2) is 4.56. The van der Waals surface area contributed by atoms with Crippen LogP contribution in [0, 0.1) is 17.7 Å². The lowest BCUT2D eigenvalue weighted by molar-refractivity contribution is -0.144. The molecule has 1 aromatic heterocycles. The number of rotatable bonds is 4. The lowest BCUT2D eigenvalue weighted by Gasteiger charge is -2.26. The van der Waals surface area contributed by atoms with Crippen molar-refractivity contribution in [2.75, 3.05) is 0 Å². The van der Waals surface area contributed by atoms with Crippen LogP contribution in [0.15, 0.2) is 12.3 Å². The van der Waals surface area contributed by atoms with Crippen LogP contribution in [-0.2, 0) is 4.79 Å². The van der Waals surface area contributed by atoms with E-state index in [1.165, 1.54) is 6.92 Å². The molecule has 1 aromatic rings. The van der Waals surface area contributed by atoms with Crippen LogP contribution in [-0.4, -0.2) is 27.5 Å². The largest absolute Gasteiger partial charge is 0.480 e. The van der Waals surface area contributed by atoms with Crippen molar-refractivity contribution in [2.45, 2.75) is 25.3 Å². The number of amides is 1. The molecule has 0 aliphatic heterocycles. The van der Waals surface area contributed by atoms with Crippen molar-refractivity contribution in [1.29, 1.82) is 0 Å². The van der Waals surface area contributed by atoms with Gasteiger partial charge in [-0.25, -0.2) is 14.2 Å². The molecule has 19 heavy (non-hydrogen) atoms. The molecular formula is C12H12F2N2O3.